The Kier molecular flexibility index (Phi) is 4.79. The Morgan fingerprint density at radius 3 is 2.79 bits per heavy atom. The van der Waals surface area contributed by atoms with Gasteiger partial charge in [0.1, 0.15) is 11.0 Å². The molecule has 5 nitrogen and oxygen atoms in total. The summed E-state index contributed by atoms with van der Waals surface area (Å²) in [5.74, 6) is 1.51. The maximum atomic E-state index is 5.86. The van der Waals surface area contributed by atoms with E-state index < -0.39 is 0 Å². The van der Waals surface area contributed by atoms with Crippen molar-refractivity contribution in [1.82, 2.24) is 19.7 Å². The van der Waals surface area contributed by atoms with Gasteiger partial charge in [-0.3, -0.25) is 0 Å². The molecule has 2 rings (SSSR count). The second kappa shape index (κ2) is 6.36. The second-order valence-corrected chi connectivity index (χ2v) is 5.64. The molecule has 0 atom stereocenters. The second-order valence-electron chi connectivity index (χ2n) is 4.31. The van der Waals surface area contributed by atoms with Crippen LogP contribution in [0.4, 0.5) is 0 Å². The zero-order chi connectivity index (χ0) is 13.8. The molecule has 2 heterocycles. The van der Waals surface area contributed by atoms with Crippen LogP contribution in [0.3, 0.4) is 0 Å². The highest BCUT2D eigenvalue weighted by molar-refractivity contribution is 7.98. The summed E-state index contributed by atoms with van der Waals surface area (Å²) >= 11 is 7.45. The number of nitrogens with zero attached hydrogens (tertiary/aromatic N) is 4. The van der Waals surface area contributed by atoms with E-state index in [1.165, 1.54) is 0 Å². The van der Waals surface area contributed by atoms with Crippen LogP contribution in [0.1, 0.15) is 31.4 Å². The van der Waals surface area contributed by atoms with Crippen LogP contribution in [-0.4, -0.2) is 19.7 Å². The summed E-state index contributed by atoms with van der Waals surface area (Å²) in [5, 5.41) is 9.65. The van der Waals surface area contributed by atoms with Crippen molar-refractivity contribution in [2.75, 3.05) is 0 Å². The topological polar surface area (TPSA) is 69.6 Å². The highest BCUT2D eigenvalue weighted by Gasteiger charge is 2.14. The van der Waals surface area contributed by atoms with E-state index in [9.17, 15) is 0 Å². The van der Waals surface area contributed by atoms with Crippen molar-refractivity contribution in [3.05, 3.63) is 34.9 Å². The first-order valence-electron chi connectivity index (χ1n) is 6.00. The van der Waals surface area contributed by atoms with Crippen molar-refractivity contribution < 1.29 is 0 Å². The van der Waals surface area contributed by atoms with Crippen molar-refractivity contribution >= 4 is 23.4 Å². The number of thioether (sulfide) groups is 1. The molecule has 102 valence electrons. The third-order valence-corrected chi connectivity index (χ3v) is 3.74. The maximum Gasteiger partial charge on any atom is 0.191 e. The molecule has 0 aliphatic heterocycles. The molecule has 0 unspecified atom stereocenters. The molecule has 19 heavy (non-hydrogen) atoms. The molecule has 0 aliphatic carbocycles. The van der Waals surface area contributed by atoms with E-state index >= 15 is 0 Å². The largest absolute Gasteiger partial charge is 0.324 e. The number of halogens is 1. The Morgan fingerprint density at radius 2 is 2.16 bits per heavy atom. The van der Waals surface area contributed by atoms with Crippen LogP contribution in [0.5, 0.6) is 0 Å². The first-order valence-corrected chi connectivity index (χ1v) is 7.36. The molecule has 0 fully saturated rings. The first-order chi connectivity index (χ1) is 9.11. The predicted molar refractivity (Wildman–Crippen MR) is 77.1 cm³/mol. The van der Waals surface area contributed by atoms with Gasteiger partial charge in [-0.1, -0.05) is 29.4 Å². The van der Waals surface area contributed by atoms with Gasteiger partial charge in [0.25, 0.3) is 0 Å². The quantitative estimate of drug-likeness (QED) is 0.679. The van der Waals surface area contributed by atoms with Gasteiger partial charge in [0, 0.05) is 11.8 Å². The third-order valence-electron chi connectivity index (χ3n) is 2.56. The number of rotatable bonds is 5. The van der Waals surface area contributed by atoms with E-state index in [1.54, 1.807) is 17.8 Å². The van der Waals surface area contributed by atoms with Crippen molar-refractivity contribution in [3.8, 4) is 0 Å². The number of hydrogen-bond acceptors (Lipinski definition) is 5. The van der Waals surface area contributed by atoms with Gasteiger partial charge in [0.05, 0.1) is 12.2 Å². The maximum absolute atomic E-state index is 5.86. The summed E-state index contributed by atoms with van der Waals surface area (Å²) in [6.45, 7) is 4.57. The fraction of sp³-hybridized carbons (Fsp3) is 0.417. The minimum Gasteiger partial charge on any atom is -0.324 e. The fourth-order valence-corrected chi connectivity index (χ4v) is 2.91. The van der Waals surface area contributed by atoms with Gasteiger partial charge in [-0.25, -0.2) is 4.98 Å². The lowest BCUT2D eigenvalue weighted by Crippen LogP contribution is -2.11. The smallest absolute Gasteiger partial charge is 0.191 e. The summed E-state index contributed by atoms with van der Waals surface area (Å²) < 4.78 is 2.05. The van der Waals surface area contributed by atoms with Gasteiger partial charge < -0.3 is 10.3 Å². The minimum absolute atomic E-state index is 0.281. The highest BCUT2D eigenvalue weighted by Crippen LogP contribution is 2.24. The number of nitrogens with two attached hydrogens (primary N) is 1. The van der Waals surface area contributed by atoms with Crippen LogP contribution in [0.2, 0.25) is 5.15 Å². The van der Waals surface area contributed by atoms with Crippen LogP contribution >= 0.6 is 23.4 Å². The molecule has 0 aliphatic rings. The fourth-order valence-electron chi connectivity index (χ4n) is 1.73. The minimum atomic E-state index is 0.281. The highest BCUT2D eigenvalue weighted by atomic mass is 35.5. The monoisotopic (exact) mass is 297 g/mol. The van der Waals surface area contributed by atoms with Gasteiger partial charge in [0.15, 0.2) is 5.16 Å². The molecule has 0 saturated heterocycles. The number of hydrogen-bond donors (Lipinski definition) is 1. The van der Waals surface area contributed by atoms with E-state index in [-0.39, 0.29) is 6.04 Å². The molecule has 0 radical (unpaired) electrons. The molecule has 0 spiro atoms. The zero-order valence-electron chi connectivity index (χ0n) is 10.9. The van der Waals surface area contributed by atoms with E-state index in [2.05, 4.69) is 33.6 Å². The molecule has 0 aromatic carbocycles. The average molecular weight is 298 g/mol. The molecular formula is C12H16ClN5S. The summed E-state index contributed by atoms with van der Waals surface area (Å²) in [7, 11) is 0. The van der Waals surface area contributed by atoms with E-state index in [1.807, 2.05) is 12.1 Å². The normalized spacial score (nSPS) is 11.2. The van der Waals surface area contributed by atoms with Crippen molar-refractivity contribution in [3.63, 3.8) is 0 Å². The van der Waals surface area contributed by atoms with Crippen LogP contribution in [0.25, 0.3) is 0 Å². The molecule has 0 bridgehead atoms. The molecule has 0 saturated carbocycles. The van der Waals surface area contributed by atoms with Crippen LogP contribution in [-0.2, 0) is 12.3 Å². The Balaban J connectivity index is 2.13. The van der Waals surface area contributed by atoms with E-state index in [0.29, 0.717) is 17.5 Å². The van der Waals surface area contributed by atoms with Crippen molar-refractivity contribution in [2.24, 2.45) is 5.73 Å². The lowest BCUT2D eigenvalue weighted by atomic mass is 10.4. The van der Waals surface area contributed by atoms with Gasteiger partial charge in [0.2, 0.25) is 0 Å². The number of aromatic nitrogens is 4. The van der Waals surface area contributed by atoms with E-state index in [4.69, 9.17) is 17.3 Å². The molecule has 2 N–H and O–H groups in total. The predicted octanol–water partition coefficient (Wildman–Crippen LogP) is 2.66. The molecule has 2 aromatic heterocycles. The summed E-state index contributed by atoms with van der Waals surface area (Å²) in [6.07, 6.45) is 0. The van der Waals surface area contributed by atoms with Gasteiger partial charge in [-0.2, -0.15) is 0 Å². The van der Waals surface area contributed by atoms with Gasteiger partial charge in [-0.05, 0) is 26.0 Å². The number of pyridine rings is 1. The first kappa shape index (κ1) is 14.3. The van der Waals surface area contributed by atoms with E-state index in [0.717, 1.165) is 16.7 Å². The summed E-state index contributed by atoms with van der Waals surface area (Å²) in [4.78, 5) is 4.25. The lowest BCUT2D eigenvalue weighted by molar-refractivity contribution is 0.526. The lowest BCUT2D eigenvalue weighted by Gasteiger charge is -2.12. The van der Waals surface area contributed by atoms with Gasteiger partial charge in [-0.15, -0.1) is 10.2 Å². The van der Waals surface area contributed by atoms with Crippen LogP contribution in [0.15, 0.2) is 23.4 Å². The van der Waals surface area contributed by atoms with Gasteiger partial charge >= 0.3 is 0 Å². The molecule has 0 amide bonds. The SMILES string of the molecule is CC(C)n1c(CN)nnc1SCc1cccc(Cl)n1. The molecular weight excluding hydrogens is 282 g/mol. The van der Waals surface area contributed by atoms with Crippen molar-refractivity contribution in [1.29, 1.82) is 0 Å². The van der Waals surface area contributed by atoms with Crippen LogP contribution < -0.4 is 5.73 Å². The molecule has 2 aromatic rings. The Bertz CT molecular complexity index is 555. The van der Waals surface area contributed by atoms with Crippen molar-refractivity contribution in [2.45, 2.75) is 37.3 Å². The Labute approximate surface area is 121 Å². The zero-order valence-corrected chi connectivity index (χ0v) is 12.4. The molecule has 7 heteroatoms. The summed E-state index contributed by atoms with van der Waals surface area (Å²) in [6, 6.07) is 5.88. The summed E-state index contributed by atoms with van der Waals surface area (Å²) in [5.41, 5.74) is 6.59. The third kappa shape index (κ3) is 3.46. The Morgan fingerprint density at radius 1 is 1.37 bits per heavy atom. The standard InChI is InChI=1S/C12H16ClN5S/c1-8(2)18-11(6-14)16-17-12(18)19-7-9-4-3-5-10(13)15-9/h3-5,8H,6-7,14H2,1-2H3. The Hall–Kier alpha value is -1.11. The average Bonchev–Trinajstić information content (AvgIpc) is 2.79. The van der Waals surface area contributed by atoms with Crippen LogP contribution in [0, 0.1) is 0 Å².